The number of nitrogens with one attached hydrogen (secondary N) is 3. The van der Waals surface area contributed by atoms with E-state index in [1.165, 1.54) is 63.0 Å². The van der Waals surface area contributed by atoms with Crippen LogP contribution in [0, 0.1) is 0 Å². The van der Waals surface area contributed by atoms with Crippen LogP contribution in [-0.4, -0.2) is 35.4 Å². The fraction of sp³-hybridized carbons (Fsp3) is 0.480. The van der Waals surface area contributed by atoms with Gasteiger partial charge in [-0.25, -0.2) is 0 Å². The molecule has 1 saturated heterocycles. The molecule has 5 rings (SSSR count). The summed E-state index contributed by atoms with van der Waals surface area (Å²) in [6.07, 6.45) is 4.69. The van der Waals surface area contributed by atoms with Crippen LogP contribution < -0.4 is 5.32 Å². The Labute approximate surface area is 187 Å². The van der Waals surface area contributed by atoms with E-state index in [-0.39, 0.29) is 0 Å². The maximum atomic E-state index is 5.36. The predicted molar refractivity (Wildman–Crippen MR) is 130 cm³/mol. The first-order chi connectivity index (χ1) is 15.2. The van der Waals surface area contributed by atoms with Crippen LogP contribution in [0.5, 0.6) is 0 Å². The molecule has 0 amide bonds. The second-order valence-corrected chi connectivity index (χ2v) is 9.85. The molecule has 1 aromatic carbocycles. The van der Waals surface area contributed by atoms with E-state index < -0.39 is 0 Å². The normalized spacial score (nSPS) is 15.6. The topological polar surface area (TPSA) is 65.7 Å². The average molecular weight is 437 g/mol. The standard InChI is InChI=1S/C25H32N4OS/c1-4-15(5-2)17-6-7-19-20(12-17)27-23(22(19)16-8-10-26-11-9-16)24-25-21(28-29-24)13-18(31-25)14-30-3/h6-7,12-13,15-16,26-27H,4-5,8-11,14H2,1-3H3,(H,28,29). The number of methoxy groups -OCH3 is 1. The van der Waals surface area contributed by atoms with Gasteiger partial charge in [0.15, 0.2) is 0 Å². The largest absolute Gasteiger partial charge is 0.379 e. The molecular formula is C25H32N4OS. The molecule has 0 spiro atoms. The molecule has 0 atom stereocenters. The summed E-state index contributed by atoms with van der Waals surface area (Å²) in [7, 11) is 1.75. The fourth-order valence-electron chi connectivity index (χ4n) is 5.22. The Morgan fingerprint density at radius 3 is 2.68 bits per heavy atom. The quantitative estimate of drug-likeness (QED) is 0.319. The third-order valence-corrected chi connectivity index (χ3v) is 7.99. The highest BCUT2D eigenvalue weighted by atomic mass is 32.1. The van der Waals surface area contributed by atoms with Crippen molar-refractivity contribution in [3.8, 4) is 11.4 Å². The number of nitrogens with zero attached hydrogens (tertiary/aromatic N) is 1. The fourth-order valence-corrected chi connectivity index (χ4v) is 6.30. The first kappa shape index (κ1) is 20.7. The van der Waals surface area contributed by atoms with Gasteiger partial charge in [0.25, 0.3) is 0 Å². The third-order valence-electron chi connectivity index (χ3n) is 6.88. The number of aromatic amines is 2. The van der Waals surface area contributed by atoms with Crippen LogP contribution >= 0.6 is 11.3 Å². The van der Waals surface area contributed by atoms with E-state index in [2.05, 4.69) is 53.5 Å². The summed E-state index contributed by atoms with van der Waals surface area (Å²) in [6.45, 7) is 7.37. The van der Waals surface area contributed by atoms with Crippen molar-refractivity contribution >= 4 is 32.5 Å². The van der Waals surface area contributed by atoms with Crippen molar-refractivity contribution in [2.24, 2.45) is 0 Å². The number of piperidine rings is 1. The average Bonchev–Trinajstić information content (AvgIpc) is 3.47. The van der Waals surface area contributed by atoms with Crippen LogP contribution in [0.2, 0.25) is 0 Å². The summed E-state index contributed by atoms with van der Waals surface area (Å²) in [5.41, 5.74) is 7.48. The molecule has 5 nitrogen and oxygen atoms in total. The Balaban J connectivity index is 1.68. The minimum absolute atomic E-state index is 0.550. The van der Waals surface area contributed by atoms with Crippen LogP contribution in [0.4, 0.5) is 0 Å². The first-order valence-corrected chi connectivity index (χ1v) is 12.4. The van der Waals surface area contributed by atoms with E-state index >= 15 is 0 Å². The van der Waals surface area contributed by atoms with Crippen LogP contribution in [0.15, 0.2) is 24.3 Å². The molecule has 0 aliphatic carbocycles. The Bertz CT molecular complexity index is 1180. The lowest BCUT2D eigenvalue weighted by Gasteiger charge is -2.23. The second kappa shape index (κ2) is 8.77. The molecule has 0 bridgehead atoms. The first-order valence-electron chi connectivity index (χ1n) is 11.6. The van der Waals surface area contributed by atoms with Crippen LogP contribution in [0.3, 0.4) is 0 Å². The summed E-state index contributed by atoms with van der Waals surface area (Å²) in [5, 5.41) is 12.9. The molecule has 4 heterocycles. The zero-order valence-electron chi connectivity index (χ0n) is 18.7. The summed E-state index contributed by atoms with van der Waals surface area (Å²) in [5.74, 6) is 1.17. The van der Waals surface area contributed by atoms with E-state index in [4.69, 9.17) is 9.84 Å². The SMILES string of the molecule is CCC(CC)c1ccc2c(C3CCNCC3)c(-c3n[nH]c4cc(COC)sc34)[nH]c2c1. The van der Waals surface area contributed by atoms with Gasteiger partial charge in [0.2, 0.25) is 0 Å². The van der Waals surface area contributed by atoms with Crippen molar-refractivity contribution in [2.75, 3.05) is 20.2 Å². The van der Waals surface area contributed by atoms with Crippen LogP contribution in [0.25, 0.3) is 32.5 Å². The van der Waals surface area contributed by atoms with Crippen molar-refractivity contribution in [1.82, 2.24) is 20.5 Å². The van der Waals surface area contributed by atoms with Gasteiger partial charge in [0.05, 0.1) is 22.5 Å². The number of benzene rings is 1. The van der Waals surface area contributed by atoms with E-state index in [1.54, 1.807) is 18.4 Å². The van der Waals surface area contributed by atoms with Crippen molar-refractivity contribution in [3.05, 3.63) is 40.3 Å². The van der Waals surface area contributed by atoms with Crippen LogP contribution in [0.1, 0.15) is 67.4 Å². The monoisotopic (exact) mass is 436 g/mol. The van der Waals surface area contributed by atoms with Crippen molar-refractivity contribution in [3.63, 3.8) is 0 Å². The molecule has 6 heteroatoms. The molecule has 31 heavy (non-hydrogen) atoms. The van der Waals surface area contributed by atoms with Gasteiger partial charge in [-0.3, -0.25) is 5.10 Å². The van der Waals surface area contributed by atoms with Gasteiger partial charge in [-0.05, 0) is 73.9 Å². The number of hydrogen-bond acceptors (Lipinski definition) is 4. The number of fused-ring (bicyclic) bond motifs is 2. The molecule has 4 aromatic rings. The van der Waals surface area contributed by atoms with E-state index in [0.717, 1.165) is 24.3 Å². The summed E-state index contributed by atoms with van der Waals surface area (Å²) >= 11 is 1.78. The third kappa shape index (κ3) is 3.71. The predicted octanol–water partition coefficient (Wildman–Crippen LogP) is 6.29. The number of H-pyrrole nitrogens is 2. The highest BCUT2D eigenvalue weighted by Crippen LogP contribution is 2.43. The van der Waals surface area contributed by atoms with Gasteiger partial charge in [-0.15, -0.1) is 11.3 Å². The van der Waals surface area contributed by atoms with Crippen molar-refractivity contribution in [1.29, 1.82) is 0 Å². The zero-order chi connectivity index (χ0) is 21.4. The van der Waals surface area contributed by atoms with Gasteiger partial charge >= 0.3 is 0 Å². The number of rotatable bonds is 7. The van der Waals surface area contributed by atoms with Gasteiger partial charge in [-0.2, -0.15) is 5.10 Å². The van der Waals surface area contributed by atoms with Crippen molar-refractivity contribution in [2.45, 2.75) is 58.0 Å². The molecule has 0 saturated carbocycles. The Kier molecular flexibility index (Phi) is 5.87. The molecule has 3 N–H and O–H groups in total. The molecule has 164 valence electrons. The Morgan fingerprint density at radius 2 is 1.94 bits per heavy atom. The Morgan fingerprint density at radius 1 is 1.13 bits per heavy atom. The number of aromatic nitrogens is 3. The molecule has 0 radical (unpaired) electrons. The molecule has 0 unspecified atom stereocenters. The Hall–Kier alpha value is -2.15. The molecular weight excluding hydrogens is 404 g/mol. The molecule has 1 fully saturated rings. The maximum Gasteiger partial charge on any atom is 0.126 e. The highest BCUT2D eigenvalue weighted by molar-refractivity contribution is 7.19. The van der Waals surface area contributed by atoms with Gasteiger partial charge in [-0.1, -0.05) is 26.0 Å². The summed E-state index contributed by atoms with van der Waals surface area (Å²) in [4.78, 5) is 5.04. The van der Waals surface area contributed by atoms with Crippen molar-refractivity contribution < 1.29 is 4.74 Å². The number of thiophene rings is 1. The van der Waals surface area contributed by atoms with Gasteiger partial charge < -0.3 is 15.0 Å². The smallest absolute Gasteiger partial charge is 0.126 e. The van der Waals surface area contributed by atoms with Crippen LogP contribution in [-0.2, 0) is 11.3 Å². The lowest BCUT2D eigenvalue weighted by molar-refractivity contribution is 0.187. The molecule has 1 aliphatic heterocycles. The molecule has 3 aromatic heterocycles. The molecule has 1 aliphatic rings. The second-order valence-electron chi connectivity index (χ2n) is 8.72. The van der Waals surface area contributed by atoms with Gasteiger partial charge in [0, 0.05) is 22.9 Å². The lowest BCUT2D eigenvalue weighted by Crippen LogP contribution is -2.26. The maximum absolute atomic E-state index is 5.36. The number of hydrogen-bond donors (Lipinski definition) is 3. The lowest BCUT2D eigenvalue weighted by atomic mass is 9.86. The summed E-state index contributed by atoms with van der Waals surface area (Å²) < 4.78 is 6.57. The van der Waals surface area contributed by atoms with Gasteiger partial charge in [0.1, 0.15) is 5.69 Å². The highest BCUT2D eigenvalue weighted by Gasteiger charge is 2.26. The van der Waals surface area contributed by atoms with E-state index in [1.807, 2.05) is 0 Å². The summed E-state index contributed by atoms with van der Waals surface area (Å²) in [6, 6.07) is 9.26. The minimum Gasteiger partial charge on any atom is -0.379 e. The number of ether oxygens (including phenoxy) is 1. The zero-order valence-corrected chi connectivity index (χ0v) is 19.5. The van der Waals surface area contributed by atoms with E-state index in [0.29, 0.717) is 18.4 Å². The van der Waals surface area contributed by atoms with E-state index in [9.17, 15) is 0 Å². The minimum atomic E-state index is 0.550.